The molecular weight excluding hydrogens is 1070 g/mol. The third-order valence-corrected chi connectivity index (χ3v) is 12.4. The van der Waals surface area contributed by atoms with Crippen LogP contribution in [0.15, 0.2) is 126 Å². The number of esters is 2. The van der Waals surface area contributed by atoms with Crippen LogP contribution in [-0.2, 0) is 25.5 Å². The quantitative estimate of drug-likeness (QED) is 0.106. The summed E-state index contributed by atoms with van der Waals surface area (Å²) in [7, 11) is 2.79. The molecule has 0 amide bonds. The standard InChI is InChI=1S/C13H22.C9H9F5.C9H14.C9H12.C7H10.2C5H10O2.C5H12.C4H10.C3H7Cl.C3H8.CH4/c1-5-6-11-7-9-12(10-8-11)13(2,3)4;1-2-3-4-5(10)7(12)9(14)8(13)6(4)11;2*1-2-6-9-7-4-3-5-8-9;1-7-5-3-2-4-6-7;1-4(2)5(6)7-3;1-3-4-5(6)7-2;1-4-5(2)3;1-3-4-2;1-2-3-4;1-3-2;/h7,9-11H,5-6,8H2,1-4H3;4-5H,2-3H2,1H3;3-5,7,9H,2,6,8H2,1H3;3-5,7-8H,2,6H2,1H3;2-5,7H,6H2,1H3;4H,1-3H3;3-4H2,1-2H3;5H,4H2,1-3H3;3-4H2,1-2H3;2-3H2,1H3;3H2,1-2H3;1H4. The summed E-state index contributed by atoms with van der Waals surface area (Å²) in [5.41, 5.74) is 3.27. The fraction of sp³-hybridized carbons (Fsp3) is 0.671. The molecule has 0 radical (unpaired) electrons. The molecule has 0 fully saturated rings. The van der Waals surface area contributed by atoms with Crippen molar-refractivity contribution in [3.05, 3.63) is 132 Å². The average Bonchev–Trinajstić information content (AvgIpc) is 3.52. The normalized spacial score (nSPS) is 17.6. The van der Waals surface area contributed by atoms with Crippen LogP contribution in [0.1, 0.15) is 254 Å². The number of aryl methyl sites for hydroxylation is 1. The number of hydrogen-bond donors (Lipinski definition) is 0. The minimum Gasteiger partial charge on any atom is -0.469 e. The Morgan fingerprint density at radius 3 is 1.37 bits per heavy atom. The lowest BCUT2D eigenvalue weighted by Crippen LogP contribution is -2.22. The minimum atomic E-state index is -2.41. The Morgan fingerprint density at radius 2 is 1.10 bits per heavy atom. The van der Waals surface area contributed by atoms with E-state index in [-0.39, 0.29) is 31.7 Å². The van der Waals surface area contributed by atoms with Crippen LogP contribution in [0.3, 0.4) is 0 Å². The van der Waals surface area contributed by atoms with Crippen LogP contribution in [0, 0.1) is 40.9 Å². The zero-order valence-corrected chi connectivity index (χ0v) is 56.9. The van der Waals surface area contributed by atoms with E-state index in [1.807, 2.05) is 13.8 Å². The highest BCUT2D eigenvalue weighted by Gasteiger charge is 2.39. The number of alkyl halides is 2. The molecular formula is C73H128ClF5O4. The smallest absolute Gasteiger partial charge is 0.308 e. The van der Waals surface area contributed by atoms with Gasteiger partial charge in [-0.25, -0.2) is 22.0 Å². The second-order valence-electron chi connectivity index (χ2n) is 22.2. The van der Waals surface area contributed by atoms with E-state index in [2.05, 4.69) is 204 Å². The zero-order chi connectivity index (χ0) is 64.3. The van der Waals surface area contributed by atoms with Crippen molar-refractivity contribution in [2.24, 2.45) is 40.9 Å². The molecule has 486 valence electrons. The van der Waals surface area contributed by atoms with Crippen molar-refractivity contribution in [3.63, 3.8) is 0 Å². The van der Waals surface area contributed by atoms with Crippen LogP contribution in [0.25, 0.3) is 0 Å². The molecule has 4 aliphatic carbocycles. The minimum absolute atomic E-state index is 0. The van der Waals surface area contributed by atoms with Crippen LogP contribution in [0.4, 0.5) is 22.0 Å². The van der Waals surface area contributed by atoms with E-state index in [9.17, 15) is 31.5 Å². The molecule has 5 atom stereocenters. The van der Waals surface area contributed by atoms with Gasteiger partial charge in [0.25, 0.3) is 0 Å². The van der Waals surface area contributed by atoms with E-state index in [0.29, 0.717) is 18.3 Å². The van der Waals surface area contributed by atoms with E-state index in [1.165, 1.54) is 109 Å². The first kappa shape index (κ1) is 92.7. The van der Waals surface area contributed by atoms with Gasteiger partial charge in [0.1, 0.15) is 5.83 Å². The summed E-state index contributed by atoms with van der Waals surface area (Å²) in [5.74, 6) is -5.05. The van der Waals surface area contributed by atoms with Crippen molar-refractivity contribution in [1.29, 1.82) is 0 Å². The summed E-state index contributed by atoms with van der Waals surface area (Å²) in [6.45, 7) is 40.2. The topological polar surface area (TPSA) is 52.6 Å². The molecule has 1 aromatic carbocycles. The summed E-state index contributed by atoms with van der Waals surface area (Å²) in [6, 6.07) is 10.6. The van der Waals surface area contributed by atoms with Gasteiger partial charge in [0.2, 0.25) is 0 Å². The summed E-state index contributed by atoms with van der Waals surface area (Å²) < 4.78 is 72.4. The van der Waals surface area contributed by atoms with Crippen molar-refractivity contribution in [3.8, 4) is 0 Å². The van der Waals surface area contributed by atoms with Gasteiger partial charge in [-0.3, -0.25) is 9.59 Å². The Labute approximate surface area is 515 Å². The summed E-state index contributed by atoms with van der Waals surface area (Å²) in [6.07, 6.45) is 41.7. The highest BCUT2D eigenvalue weighted by Crippen LogP contribution is 2.41. The van der Waals surface area contributed by atoms with Gasteiger partial charge < -0.3 is 9.47 Å². The van der Waals surface area contributed by atoms with Crippen LogP contribution >= 0.6 is 11.6 Å². The van der Waals surface area contributed by atoms with Crippen LogP contribution in [0.2, 0.25) is 0 Å². The molecule has 0 aliphatic heterocycles. The Balaban J connectivity index is -0.000000157. The number of methoxy groups -OCH3 is 2. The van der Waals surface area contributed by atoms with Gasteiger partial charge in [-0.2, -0.15) is 0 Å². The highest BCUT2D eigenvalue weighted by molar-refractivity contribution is 6.17. The monoisotopic (exact) mass is 1200 g/mol. The number of carbonyl (C=O) groups is 2. The molecule has 0 aromatic heterocycles. The molecule has 0 saturated heterocycles. The van der Waals surface area contributed by atoms with Crippen molar-refractivity contribution < 1.29 is 41.0 Å². The Hall–Kier alpha value is -3.98. The number of unbranched alkanes of at least 4 members (excludes halogenated alkanes) is 1. The SMILES string of the molecule is C.CC1C=CC=CC1.CCC.CCC(C)C.CCCC.CCCC(=O)OC.CCCC1C(F)=C(F)C(F)=C(F)C1F.CCCC1C=CC(C(C)(C)C)=CC1.CCCC1C=CC=CC1.CCCCl.CCCc1ccccc1.COC(=O)C(C)C. The van der Waals surface area contributed by atoms with Crippen molar-refractivity contribution in [1.82, 2.24) is 0 Å². The maximum atomic E-state index is 13.0. The second-order valence-corrected chi connectivity index (χ2v) is 22.6. The molecule has 0 saturated carbocycles. The number of hydrogen-bond acceptors (Lipinski definition) is 4. The highest BCUT2D eigenvalue weighted by atomic mass is 35.5. The van der Waals surface area contributed by atoms with Crippen molar-refractivity contribution >= 4 is 23.5 Å². The average molecular weight is 1200 g/mol. The van der Waals surface area contributed by atoms with Gasteiger partial charge in [0.15, 0.2) is 23.7 Å². The first-order chi connectivity index (χ1) is 38.8. The second kappa shape index (κ2) is 65.6. The summed E-state index contributed by atoms with van der Waals surface area (Å²) >= 11 is 5.19. The molecule has 0 spiro atoms. The van der Waals surface area contributed by atoms with Crippen molar-refractivity contribution in [2.45, 2.75) is 261 Å². The maximum absolute atomic E-state index is 13.0. The third-order valence-electron chi connectivity index (χ3n) is 12.0. The fourth-order valence-electron chi connectivity index (χ4n) is 6.58. The van der Waals surface area contributed by atoms with E-state index >= 15 is 0 Å². The number of halogens is 6. The van der Waals surface area contributed by atoms with Crippen LogP contribution < -0.4 is 0 Å². The van der Waals surface area contributed by atoms with Crippen LogP contribution in [-0.4, -0.2) is 38.2 Å². The lowest BCUT2D eigenvalue weighted by atomic mass is 9.81. The molecule has 1 aromatic rings. The Bertz CT molecular complexity index is 1850. The molecule has 5 rings (SSSR count). The van der Waals surface area contributed by atoms with Crippen LogP contribution in [0.5, 0.6) is 0 Å². The third kappa shape index (κ3) is 59.5. The summed E-state index contributed by atoms with van der Waals surface area (Å²) in [4.78, 5) is 20.5. The molecule has 10 heteroatoms. The number of carbonyl (C=O) groups excluding carboxylic acids is 2. The maximum Gasteiger partial charge on any atom is 0.308 e. The van der Waals surface area contributed by atoms with Gasteiger partial charge >= 0.3 is 11.9 Å². The summed E-state index contributed by atoms with van der Waals surface area (Å²) in [5, 5.41) is 0. The number of allylic oxidation sites excluding steroid dienone is 16. The molecule has 5 unspecified atom stereocenters. The lowest BCUT2D eigenvalue weighted by Gasteiger charge is -2.24. The molecule has 0 bridgehead atoms. The predicted molar refractivity (Wildman–Crippen MR) is 358 cm³/mol. The first-order valence-corrected chi connectivity index (χ1v) is 31.9. The molecule has 4 nitrogen and oxygen atoms in total. The van der Waals surface area contributed by atoms with Crippen molar-refractivity contribution in [2.75, 3.05) is 20.1 Å². The van der Waals surface area contributed by atoms with E-state index in [4.69, 9.17) is 11.6 Å². The van der Waals surface area contributed by atoms with Gasteiger partial charge in [-0.15, -0.1) is 11.6 Å². The Kier molecular flexibility index (Phi) is 73.3. The Morgan fingerprint density at radius 1 is 0.627 bits per heavy atom. The van der Waals surface area contributed by atoms with E-state index in [0.717, 1.165) is 42.4 Å². The number of rotatable bonds is 14. The molecule has 0 N–H and O–H groups in total. The largest absolute Gasteiger partial charge is 0.469 e. The van der Waals surface area contributed by atoms with E-state index in [1.54, 1.807) is 20.8 Å². The predicted octanol–water partition coefficient (Wildman–Crippen LogP) is 25.4. The molecule has 83 heavy (non-hydrogen) atoms. The number of benzene rings is 1. The number of ether oxygens (including phenoxy) is 2. The van der Waals surface area contributed by atoms with E-state index < -0.39 is 35.4 Å². The fourth-order valence-corrected chi connectivity index (χ4v) is 6.58. The van der Waals surface area contributed by atoms with Gasteiger partial charge in [-0.05, 0) is 98.0 Å². The zero-order valence-electron chi connectivity index (χ0n) is 56.1. The molecule has 4 aliphatic rings. The first-order valence-electron chi connectivity index (χ1n) is 31.3. The molecule has 0 heterocycles. The van der Waals surface area contributed by atoms with Gasteiger partial charge in [-0.1, -0.05) is 288 Å². The van der Waals surface area contributed by atoms with Gasteiger partial charge in [0, 0.05) is 12.3 Å². The lowest BCUT2D eigenvalue weighted by molar-refractivity contribution is -0.144. The van der Waals surface area contributed by atoms with Gasteiger partial charge in [0.05, 0.1) is 26.1 Å².